The Morgan fingerprint density at radius 3 is 2.11 bits per heavy atom. The molecule has 0 atom stereocenters. The number of alkyl halides is 5. The summed E-state index contributed by atoms with van der Waals surface area (Å²) in [5.41, 5.74) is -2.17. The zero-order valence-corrected chi connectivity index (χ0v) is 8.50. The molecule has 0 amide bonds. The number of aldehydes is 2. The standard InChI is InChI=1S/C10H5F5O3/c11-9(12)5-1-6(3-16)7(4-17)8(2-5)18-10(13,14)15/h1-4,9H. The van der Waals surface area contributed by atoms with Crippen LogP contribution in [0, 0.1) is 0 Å². The molecular weight excluding hydrogens is 263 g/mol. The lowest BCUT2D eigenvalue weighted by atomic mass is 10.0. The smallest absolute Gasteiger partial charge is 0.405 e. The van der Waals surface area contributed by atoms with Gasteiger partial charge in [-0.25, -0.2) is 8.78 Å². The molecule has 0 aliphatic carbocycles. The lowest BCUT2D eigenvalue weighted by Crippen LogP contribution is -2.19. The second-order valence-corrected chi connectivity index (χ2v) is 3.11. The number of benzene rings is 1. The highest BCUT2D eigenvalue weighted by Gasteiger charge is 2.33. The van der Waals surface area contributed by atoms with E-state index in [2.05, 4.69) is 4.74 Å². The van der Waals surface area contributed by atoms with Gasteiger partial charge in [-0.15, -0.1) is 13.2 Å². The minimum Gasteiger partial charge on any atom is -0.405 e. The minimum absolute atomic E-state index is 0.00114. The van der Waals surface area contributed by atoms with E-state index >= 15 is 0 Å². The van der Waals surface area contributed by atoms with E-state index in [1.165, 1.54) is 0 Å². The van der Waals surface area contributed by atoms with Crippen LogP contribution >= 0.6 is 0 Å². The van der Waals surface area contributed by atoms with Crippen molar-refractivity contribution in [2.24, 2.45) is 0 Å². The molecule has 0 fully saturated rings. The summed E-state index contributed by atoms with van der Waals surface area (Å²) in [6.07, 6.45) is -8.32. The van der Waals surface area contributed by atoms with E-state index in [0.717, 1.165) is 0 Å². The van der Waals surface area contributed by atoms with Gasteiger partial charge in [0.15, 0.2) is 12.6 Å². The van der Waals surface area contributed by atoms with Crippen molar-refractivity contribution < 1.29 is 36.3 Å². The fourth-order valence-corrected chi connectivity index (χ4v) is 1.23. The summed E-state index contributed by atoms with van der Waals surface area (Å²) >= 11 is 0. The number of hydrogen-bond acceptors (Lipinski definition) is 3. The van der Waals surface area contributed by atoms with E-state index in [1.807, 2.05) is 0 Å². The van der Waals surface area contributed by atoms with Gasteiger partial charge in [-0.3, -0.25) is 9.59 Å². The van der Waals surface area contributed by atoms with Gasteiger partial charge in [-0.1, -0.05) is 0 Å². The Morgan fingerprint density at radius 2 is 1.72 bits per heavy atom. The molecule has 3 nitrogen and oxygen atoms in total. The molecule has 0 saturated carbocycles. The van der Waals surface area contributed by atoms with Crippen molar-refractivity contribution in [2.45, 2.75) is 12.8 Å². The summed E-state index contributed by atoms with van der Waals surface area (Å²) in [4.78, 5) is 21.1. The lowest BCUT2D eigenvalue weighted by Gasteiger charge is -2.13. The van der Waals surface area contributed by atoms with Gasteiger partial charge in [0.1, 0.15) is 5.75 Å². The Labute approximate surface area is 97.2 Å². The maximum absolute atomic E-state index is 12.4. The van der Waals surface area contributed by atoms with E-state index in [9.17, 15) is 31.5 Å². The topological polar surface area (TPSA) is 43.4 Å². The van der Waals surface area contributed by atoms with Gasteiger partial charge in [0, 0.05) is 11.1 Å². The van der Waals surface area contributed by atoms with Gasteiger partial charge < -0.3 is 4.74 Å². The third-order valence-electron chi connectivity index (χ3n) is 1.92. The normalized spacial score (nSPS) is 11.4. The summed E-state index contributed by atoms with van der Waals surface area (Å²) in [6, 6.07) is 1.000. The maximum Gasteiger partial charge on any atom is 0.573 e. The van der Waals surface area contributed by atoms with E-state index in [0.29, 0.717) is 12.1 Å². The van der Waals surface area contributed by atoms with E-state index in [4.69, 9.17) is 0 Å². The van der Waals surface area contributed by atoms with Gasteiger partial charge in [0.25, 0.3) is 6.43 Å². The molecule has 0 N–H and O–H groups in total. The van der Waals surface area contributed by atoms with Crippen LogP contribution in [-0.4, -0.2) is 18.9 Å². The number of ether oxygens (including phenoxy) is 1. The first kappa shape index (κ1) is 14.1. The molecule has 8 heteroatoms. The number of rotatable bonds is 4. The molecule has 0 unspecified atom stereocenters. The van der Waals surface area contributed by atoms with Crippen LogP contribution < -0.4 is 4.74 Å². The molecule has 0 heterocycles. The lowest BCUT2D eigenvalue weighted by molar-refractivity contribution is -0.274. The molecular formula is C10H5F5O3. The Balaban J connectivity index is 3.40. The summed E-state index contributed by atoms with van der Waals surface area (Å²) in [5, 5.41) is 0. The van der Waals surface area contributed by atoms with E-state index in [-0.39, 0.29) is 12.6 Å². The van der Waals surface area contributed by atoms with Gasteiger partial charge in [-0.2, -0.15) is 0 Å². The summed E-state index contributed by atoms with van der Waals surface area (Å²) in [5.74, 6) is -1.13. The maximum atomic E-state index is 12.4. The van der Waals surface area contributed by atoms with Crippen LogP contribution in [-0.2, 0) is 0 Å². The SMILES string of the molecule is O=Cc1cc(C(F)F)cc(OC(F)(F)F)c1C=O. The molecule has 0 aliphatic heterocycles. The van der Waals surface area contributed by atoms with Crippen molar-refractivity contribution in [3.05, 3.63) is 28.8 Å². The molecule has 98 valence electrons. The monoisotopic (exact) mass is 268 g/mol. The first-order valence-corrected chi connectivity index (χ1v) is 4.40. The Hall–Kier alpha value is -1.99. The van der Waals surface area contributed by atoms with Gasteiger partial charge in [0.05, 0.1) is 5.56 Å². The first-order valence-electron chi connectivity index (χ1n) is 4.40. The van der Waals surface area contributed by atoms with Crippen LogP contribution in [0.15, 0.2) is 12.1 Å². The van der Waals surface area contributed by atoms with Crippen LogP contribution in [0.25, 0.3) is 0 Å². The van der Waals surface area contributed by atoms with Crippen molar-refractivity contribution in [1.29, 1.82) is 0 Å². The van der Waals surface area contributed by atoms with Crippen LogP contribution in [0.3, 0.4) is 0 Å². The number of hydrogen-bond donors (Lipinski definition) is 0. The number of carbonyl (C=O) groups is 2. The minimum atomic E-state index is -5.15. The highest BCUT2D eigenvalue weighted by atomic mass is 19.4. The molecule has 0 radical (unpaired) electrons. The number of carbonyl (C=O) groups excluding carboxylic acids is 2. The predicted octanol–water partition coefficient (Wildman–Crippen LogP) is 3.15. The van der Waals surface area contributed by atoms with Crippen molar-refractivity contribution in [1.82, 2.24) is 0 Å². The molecule has 0 saturated heterocycles. The second kappa shape index (κ2) is 5.11. The summed E-state index contributed by atoms with van der Waals surface area (Å²) in [7, 11) is 0. The third kappa shape index (κ3) is 3.25. The van der Waals surface area contributed by atoms with Crippen LogP contribution in [0.1, 0.15) is 32.7 Å². The van der Waals surface area contributed by atoms with Crippen LogP contribution in [0.4, 0.5) is 22.0 Å². The van der Waals surface area contributed by atoms with Gasteiger partial charge in [-0.05, 0) is 12.1 Å². The average molecular weight is 268 g/mol. The van der Waals surface area contributed by atoms with Gasteiger partial charge in [0.2, 0.25) is 0 Å². The fourth-order valence-electron chi connectivity index (χ4n) is 1.23. The van der Waals surface area contributed by atoms with Crippen molar-refractivity contribution in [2.75, 3.05) is 0 Å². The molecule has 0 aromatic heterocycles. The molecule has 1 aromatic carbocycles. The molecule has 1 aromatic rings. The fraction of sp³-hybridized carbons (Fsp3) is 0.200. The largest absolute Gasteiger partial charge is 0.573 e. The van der Waals surface area contributed by atoms with Crippen molar-refractivity contribution in [3.63, 3.8) is 0 Å². The summed E-state index contributed by atoms with van der Waals surface area (Å²) < 4.78 is 64.3. The Morgan fingerprint density at radius 1 is 1.11 bits per heavy atom. The van der Waals surface area contributed by atoms with Crippen LogP contribution in [0.5, 0.6) is 5.75 Å². The first-order chi connectivity index (χ1) is 8.28. The van der Waals surface area contributed by atoms with E-state index in [1.54, 1.807) is 0 Å². The molecule has 0 aliphatic rings. The zero-order valence-electron chi connectivity index (χ0n) is 8.50. The predicted molar refractivity (Wildman–Crippen MR) is 48.9 cm³/mol. The Kier molecular flexibility index (Phi) is 4.00. The average Bonchev–Trinajstić information content (AvgIpc) is 2.25. The van der Waals surface area contributed by atoms with E-state index < -0.39 is 35.2 Å². The van der Waals surface area contributed by atoms with Crippen molar-refractivity contribution in [3.8, 4) is 5.75 Å². The zero-order chi connectivity index (χ0) is 13.9. The van der Waals surface area contributed by atoms with Gasteiger partial charge >= 0.3 is 6.36 Å². The molecule has 0 spiro atoms. The molecule has 18 heavy (non-hydrogen) atoms. The molecule has 0 bridgehead atoms. The van der Waals surface area contributed by atoms with Crippen LogP contribution in [0.2, 0.25) is 0 Å². The highest BCUT2D eigenvalue weighted by molar-refractivity contribution is 5.93. The molecule has 1 rings (SSSR count). The number of halogens is 5. The third-order valence-corrected chi connectivity index (χ3v) is 1.92. The Bertz CT molecular complexity index is 467. The second-order valence-electron chi connectivity index (χ2n) is 3.11. The summed E-state index contributed by atoms with van der Waals surface area (Å²) in [6.45, 7) is 0. The highest BCUT2D eigenvalue weighted by Crippen LogP contribution is 2.32. The van der Waals surface area contributed by atoms with Crippen molar-refractivity contribution >= 4 is 12.6 Å². The quantitative estimate of drug-likeness (QED) is 0.622.